The monoisotopic (exact) mass is 281 g/mol. The summed E-state index contributed by atoms with van der Waals surface area (Å²) in [5.41, 5.74) is 2.86. The van der Waals surface area contributed by atoms with Crippen molar-refractivity contribution in [2.45, 2.75) is 26.7 Å². The van der Waals surface area contributed by atoms with Crippen LogP contribution in [-0.4, -0.2) is 16.5 Å². The Morgan fingerprint density at radius 3 is 2.62 bits per heavy atom. The number of benzene rings is 1. The quantitative estimate of drug-likeness (QED) is 0.848. The highest BCUT2D eigenvalue weighted by Crippen LogP contribution is 2.17. The van der Waals surface area contributed by atoms with Crippen LogP contribution in [0.15, 0.2) is 30.3 Å². The normalized spacial score (nSPS) is 9.95. The van der Waals surface area contributed by atoms with Crippen LogP contribution in [0.25, 0.3) is 0 Å². The van der Waals surface area contributed by atoms with Crippen LogP contribution >= 0.6 is 0 Å². The first-order valence-corrected chi connectivity index (χ1v) is 7.03. The van der Waals surface area contributed by atoms with Crippen molar-refractivity contribution in [3.8, 4) is 6.07 Å². The number of nitrogens with one attached hydrogen (secondary N) is 2. The molecule has 0 fully saturated rings. The number of nitrogens with zero attached hydrogens (tertiary/aromatic N) is 3. The third kappa shape index (κ3) is 4.46. The zero-order valence-electron chi connectivity index (χ0n) is 12.3. The van der Waals surface area contributed by atoms with Gasteiger partial charge in [-0.1, -0.05) is 19.1 Å². The average molecular weight is 281 g/mol. The van der Waals surface area contributed by atoms with Crippen molar-refractivity contribution in [2.75, 3.05) is 17.2 Å². The minimum atomic E-state index is 0.429. The molecule has 21 heavy (non-hydrogen) atoms. The van der Waals surface area contributed by atoms with Crippen LogP contribution in [-0.2, 0) is 6.42 Å². The Morgan fingerprint density at radius 2 is 1.95 bits per heavy atom. The fraction of sp³-hybridized carbons (Fsp3) is 0.312. The van der Waals surface area contributed by atoms with Crippen LogP contribution in [0, 0.1) is 18.3 Å². The Balaban J connectivity index is 2.11. The van der Waals surface area contributed by atoms with Crippen molar-refractivity contribution in [3.05, 3.63) is 41.6 Å². The summed E-state index contributed by atoms with van der Waals surface area (Å²) in [7, 11) is 0. The summed E-state index contributed by atoms with van der Waals surface area (Å²) >= 11 is 0. The van der Waals surface area contributed by atoms with E-state index in [1.807, 2.05) is 37.3 Å². The average Bonchev–Trinajstić information content (AvgIpc) is 2.47. The first kappa shape index (κ1) is 14.8. The fourth-order valence-corrected chi connectivity index (χ4v) is 1.89. The molecule has 0 spiro atoms. The van der Waals surface area contributed by atoms with Crippen molar-refractivity contribution < 1.29 is 0 Å². The van der Waals surface area contributed by atoms with Gasteiger partial charge in [-0.25, -0.2) is 4.98 Å². The zero-order valence-corrected chi connectivity index (χ0v) is 12.3. The Labute approximate surface area is 125 Å². The van der Waals surface area contributed by atoms with Crippen molar-refractivity contribution in [3.63, 3.8) is 0 Å². The minimum Gasteiger partial charge on any atom is -0.354 e. The second-order valence-corrected chi connectivity index (χ2v) is 4.80. The molecule has 108 valence electrons. The summed E-state index contributed by atoms with van der Waals surface area (Å²) in [6.45, 7) is 4.90. The molecule has 1 aromatic carbocycles. The summed E-state index contributed by atoms with van der Waals surface area (Å²) in [6.07, 6.45) is 1.46. The number of rotatable bonds is 6. The highest BCUT2D eigenvalue weighted by molar-refractivity contribution is 5.58. The maximum absolute atomic E-state index is 8.67. The second kappa shape index (κ2) is 7.25. The van der Waals surface area contributed by atoms with Gasteiger partial charge in [0, 0.05) is 24.0 Å². The maximum atomic E-state index is 8.67. The molecular formula is C16H19N5. The van der Waals surface area contributed by atoms with E-state index in [9.17, 15) is 0 Å². The summed E-state index contributed by atoms with van der Waals surface area (Å²) in [6, 6.07) is 11.8. The van der Waals surface area contributed by atoms with E-state index in [4.69, 9.17) is 5.26 Å². The minimum absolute atomic E-state index is 0.429. The van der Waals surface area contributed by atoms with E-state index in [1.54, 1.807) is 0 Å². The van der Waals surface area contributed by atoms with E-state index < -0.39 is 0 Å². The SMILES string of the molecule is CCCNc1nc(C)cc(Nc2ccc(CC#N)cc2)n1. The molecule has 0 atom stereocenters. The van der Waals surface area contributed by atoms with Gasteiger partial charge in [0.1, 0.15) is 5.82 Å². The van der Waals surface area contributed by atoms with Gasteiger partial charge in [0.05, 0.1) is 12.5 Å². The smallest absolute Gasteiger partial charge is 0.224 e. The number of aryl methyl sites for hydroxylation is 1. The summed E-state index contributed by atoms with van der Waals surface area (Å²) in [4.78, 5) is 8.79. The van der Waals surface area contributed by atoms with Crippen molar-refractivity contribution in [1.29, 1.82) is 5.26 Å². The highest BCUT2D eigenvalue weighted by Gasteiger charge is 2.02. The molecule has 0 aliphatic rings. The van der Waals surface area contributed by atoms with E-state index in [2.05, 4.69) is 33.6 Å². The molecular weight excluding hydrogens is 262 g/mol. The van der Waals surface area contributed by atoms with E-state index in [-0.39, 0.29) is 0 Å². The van der Waals surface area contributed by atoms with Crippen LogP contribution < -0.4 is 10.6 Å². The van der Waals surface area contributed by atoms with Gasteiger partial charge < -0.3 is 10.6 Å². The molecule has 0 bridgehead atoms. The lowest BCUT2D eigenvalue weighted by Gasteiger charge is -2.09. The molecule has 0 aliphatic heterocycles. The molecule has 0 saturated heterocycles. The zero-order chi connectivity index (χ0) is 15.1. The van der Waals surface area contributed by atoms with E-state index in [0.717, 1.165) is 35.7 Å². The first-order valence-electron chi connectivity index (χ1n) is 7.03. The first-order chi connectivity index (χ1) is 10.2. The lowest BCUT2D eigenvalue weighted by atomic mass is 10.1. The molecule has 2 aromatic rings. The van der Waals surface area contributed by atoms with Crippen LogP contribution in [0.4, 0.5) is 17.5 Å². The Bertz CT molecular complexity index is 628. The van der Waals surface area contributed by atoms with E-state index in [0.29, 0.717) is 12.4 Å². The predicted molar refractivity (Wildman–Crippen MR) is 84.6 cm³/mol. The third-order valence-corrected chi connectivity index (χ3v) is 2.90. The molecule has 2 rings (SSSR count). The summed E-state index contributed by atoms with van der Waals surface area (Å²) in [5, 5.41) is 15.1. The Morgan fingerprint density at radius 1 is 1.19 bits per heavy atom. The lowest BCUT2D eigenvalue weighted by Crippen LogP contribution is -2.06. The molecule has 1 aromatic heterocycles. The van der Waals surface area contributed by atoms with Gasteiger partial charge in [-0.05, 0) is 31.0 Å². The molecule has 5 heteroatoms. The van der Waals surface area contributed by atoms with Crippen molar-refractivity contribution >= 4 is 17.5 Å². The van der Waals surface area contributed by atoms with Gasteiger partial charge in [-0.2, -0.15) is 10.2 Å². The van der Waals surface area contributed by atoms with Gasteiger partial charge in [0.2, 0.25) is 5.95 Å². The van der Waals surface area contributed by atoms with Crippen molar-refractivity contribution in [1.82, 2.24) is 9.97 Å². The molecule has 5 nitrogen and oxygen atoms in total. The highest BCUT2D eigenvalue weighted by atomic mass is 15.1. The van der Waals surface area contributed by atoms with Gasteiger partial charge >= 0.3 is 0 Å². The van der Waals surface area contributed by atoms with Crippen molar-refractivity contribution in [2.24, 2.45) is 0 Å². The Kier molecular flexibility index (Phi) is 5.10. The molecule has 0 aliphatic carbocycles. The van der Waals surface area contributed by atoms with E-state index >= 15 is 0 Å². The molecule has 0 unspecified atom stereocenters. The summed E-state index contributed by atoms with van der Waals surface area (Å²) in [5.74, 6) is 1.40. The second-order valence-electron chi connectivity index (χ2n) is 4.80. The molecule has 0 radical (unpaired) electrons. The molecule has 2 N–H and O–H groups in total. The molecule has 0 saturated carbocycles. The largest absolute Gasteiger partial charge is 0.354 e. The topological polar surface area (TPSA) is 73.6 Å². The molecule has 1 heterocycles. The van der Waals surface area contributed by atoms with E-state index in [1.165, 1.54) is 0 Å². The van der Waals surface area contributed by atoms with Crippen LogP contribution in [0.5, 0.6) is 0 Å². The molecule has 0 amide bonds. The van der Waals surface area contributed by atoms with Crippen LogP contribution in [0.3, 0.4) is 0 Å². The fourth-order valence-electron chi connectivity index (χ4n) is 1.89. The van der Waals surface area contributed by atoms with Crippen LogP contribution in [0.2, 0.25) is 0 Å². The van der Waals surface area contributed by atoms with Gasteiger partial charge in [0.15, 0.2) is 0 Å². The standard InChI is InChI=1S/C16H19N5/c1-3-10-18-16-19-12(2)11-15(21-16)20-14-6-4-13(5-7-14)8-9-17/h4-7,11H,3,8,10H2,1-2H3,(H2,18,19,20,21). The third-order valence-electron chi connectivity index (χ3n) is 2.90. The number of anilines is 3. The summed E-state index contributed by atoms with van der Waals surface area (Å²) < 4.78 is 0. The van der Waals surface area contributed by atoms with Gasteiger partial charge in [-0.3, -0.25) is 0 Å². The number of hydrogen-bond acceptors (Lipinski definition) is 5. The number of hydrogen-bond donors (Lipinski definition) is 2. The van der Waals surface area contributed by atoms with Crippen LogP contribution in [0.1, 0.15) is 24.6 Å². The number of nitriles is 1. The number of aromatic nitrogens is 2. The van der Waals surface area contributed by atoms with Gasteiger partial charge in [-0.15, -0.1) is 0 Å². The maximum Gasteiger partial charge on any atom is 0.224 e. The Hall–Kier alpha value is -2.61. The lowest BCUT2D eigenvalue weighted by molar-refractivity contribution is 0.947. The predicted octanol–water partition coefficient (Wildman–Crippen LogP) is 3.42. The van der Waals surface area contributed by atoms with Gasteiger partial charge in [0.25, 0.3) is 0 Å².